The van der Waals surface area contributed by atoms with Crippen LogP contribution in [0, 0.1) is 10.1 Å². The van der Waals surface area contributed by atoms with Crippen molar-refractivity contribution in [1.29, 1.82) is 0 Å². The van der Waals surface area contributed by atoms with Gasteiger partial charge in [-0.2, -0.15) is 0 Å². The Bertz CT molecular complexity index is 1330. The molecule has 5 rings (SSSR count). The zero-order valence-electron chi connectivity index (χ0n) is 21.4. The fourth-order valence-corrected chi connectivity index (χ4v) is 6.29. The Kier molecular flexibility index (Phi) is 7.38. The van der Waals surface area contributed by atoms with Gasteiger partial charge >= 0.3 is 0 Å². The highest BCUT2D eigenvalue weighted by Gasteiger charge is 2.42. The van der Waals surface area contributed by atoms with E-state index in [1.54, 1.807) is 12.1 Å². The van der Waals surface area contributed by atoms with Crippen LogP contribution in [0.3, 0.4) is 0 Å². The number of non-ortho nitro benzene ring substituents is 1. The molecule has 198 valence electrons. The van der Waals surface area contributed by atoms with E-state index in [0.29, 0.717) is 35.4 Å². The Morgan fingerprint density at radius 3 is 2.13 bits per heavy atom. The van der Waals surface area contributed by atoms with Crippen LogP contribution in [0.1, 0.15) is 62.5 Å². The van der Waals surface area contributed by atoms with E-state index in [1.165, 1.54) is 12.1 Å². The highest BCUT2D eigenvalue weighted by Crippen LogP contribution is 2.50. The maximum absolute atomic E-state index is 13.3. The van der Waals surface area contributed by atoms with Gasteiger partial charge in [0.2, 0.25) is 0 Å². The molecule has 1 aliphatic heterocycles. The summed E-state index contributed by atoms with van der Waals surface area (Å²) >= 11 is 3.65. The van der Waals surface area contributed by atoms with Gasteiger partial charge in [-0.25, -0.2) is 0 Å². The normalized spacial score (nSPS) is 17.9. The van der Waals surface area contributed by atoms with E-state index in [9.17, 15) is 19.7 Å². The lowest BCUT2D eigenvalue weighted by Crippen LogP contribution is -2.37. The molecule has 2 aromatic rings. The minimum absolute atomic E-state index is 0.0179. The minimum Gasteiger partial charge on any atom is -0.490 e. The predicted molar refractivity (Wildman–Crippen MR) is 145 cm³/mol. The first kappa shape index (κ1) is 26.2. The number of halogens is 1. The standard InChI is InChI=1S/C29H29BrN2O6/c1-3-37-25-15-18(14-20(30)29(25)38-16-17-10-12-19(13-11-17)32(35)36)26-27-21(6-4-8-23(27)33)31(2)22-7-5-9-24(34)28(22)26/h10-15,26H,3-9,16H2,1-2H3. The van der Waals surface area contributed by atoms with Crippen molar-refractivity contribution in [1.82, 2.24) is 4.90 Å². The van der Waals surface area contributed by atoms with Crippen LogP contribution < -0.4 is 9.47 Å². The first-order chi connectivity index (χ1) is 18.3. The molecular weight excluding hydrogens is 552 g/mol. The maximum Gasteiger partial charge on any atom is 0.269 e. The number of Topliss-reactive ketones (excluding diaryl/α,β-unsaturated/α-hetero) is 2. The van der Waals surface area contributed by atoms with Crippen LogP contribution in [0.2, 0.25) is 0 Å². The molecule has 2 aliphatic carbocycles. The third-order valence-corrected chi connectivity index (χ3v) is 8.03. The van der Waals surface area contributed by atoms with Crippen molar-refractivity contribution in [3.05, 3.63) is 84.7 Å². The molecule has 0 atom stereocenters. The van der Waals surface area contributed by atoms with E-state index in [1.807, 2.05) is 26.1 Å². The summed E-state index contributed by atoms with van der Waals surface area (Å²) in [7, 11) is 1.98. The number of benzene rings is 2. The number of allylic oxidation sites excluding steroid dienone is 4. The number of rotatable bonds is 7. The Morgan fingerprint density at radius 2 is 1.58 bits per heavy atom. The molecule has 0 bridgehead atoms. The Hall–Kier alpha value is -3.46. The number of ketones is 2. The van der Waals surface area contributed by atoms with E-state index in [0.717, 1.165) is 59.4 Å². The smallest absolute Gasteiger partial charge is 0.269 e. The molecule has 0 fully saturated rings. The topological polar surface area (TPSA) is 99.0 Å². The van der Waals surface area contributed by atoms with Gasteiger partial charge in [0.25, 0.3) is 5.69 Å². The fourth-order valence-electron chi connectivity index (χ4n) is 5.71. The zero-order chi connectivity index (χ0) is 27.0. The molecule has 0 unspecified atom stereocenters. The van der Waals surface area contributed by atoms with Crippen LogP contribution in [-0.4, -0.2) is 35.0 Å². The van der Waals surface area contributed by atoms with Gasteiger partial charge in [-0.1, -0.05) is 0 Å². The van der Waals surface area contributed by atoms with Crippen LogP contribution in [0.4, 0.5) is 5.69 Å². The average molecular weight is 581 g/mol. The Morgan fingerprint density at radius 1 is 0.974 bits per heavy atom. The van der Waals surface area contributed by atoms with Crippen LogP contribution in [0.25, 0.3) is 0 Å². The van der Waals surface area contributed by atoms with E-state index < -0.39 is 10.8 Å². The summed E-state index contributed by atoms with van der Waals surface area (Å²) < 4.78 is 12.7. The number of nitro groups is 1. The van der Waals surface area contributed by atoms with Crippen molar-refractivity contribution in [2.45, 2.75) is 58.0 Å². The van der Waals surface area contributed by atoms with Gasteiger partial charge in [0, 0.05) is 60.5 Å². The monoisotopic (exact) mass is 580 g/mol. The van der Waals surface area contributed by atoms with E-state index in [2.05, 4.69) is 20.8 Å². The first-order valence-corrected chi connectivity index (χ1v) is 13.7. The summed E-state index contributed by atoms with van der Waals surface area (Å²) in [6, 6.07) is 10.0. The number of carbonyl (C=O) groups is 2. The third-order valence-electron chi connectivity index (χ3n) is 7.44. The van der Waals surface area contributed by atoms with Crippen molar-refractivity contribution in [3.63, 3.8) is 0 Å². The molecule has 38 heavy (non-hydrogen) atoms. The molecular formula is C29H29BrN2O6. The van der Waals surface area contributed by atoms with Gasteiger partial charge in [0.05, 0.1) is 16.0 Å². The Labute approximate surface area is 229 Å². The van der Waals surface area contributed by atoms with Gasteiger partial charge in [-0.15, -0.1) is 0 Å². The highest BCUT2D eigenvalue weighted by atomic mass is 79.9. The lowest BCUT2D eigenvalue weighted by atomic mass is 9.71. The van der Waals surface area contributed by atoms with Crippen molar-refractivity contribution in [2.75, 3.05) is 13.7 Å². The van der Waals surface area contributed by atoms with Crippen molar-refractivity contribution >= 4 is 33.2 Å². The maximum atomic E-state index is 13.3. The van der Waals surface area contributed by atoms with Crippen molar-refractivity contribution in [3.8, 4) is 11.5 Å². The van der Waals surface area contributed by atoms with Gasteiger partial charge in [-0.05, 0) is 83.9 Å². The lowest BCUT2D eigenvalue weighted by Gasteiger charge is -2.42. The molecule has 2 aromatic carbocycles. The summed E-state index contributed by atoms with van der Waals surface area (Å²) in [4.78, 5) is 39.2. The van der Waals surface area contributed by atoms with Gasteiger partial charge in [0.15, 0.2) is 23.1 Å². The Balaban J connectivity index is 1.55. The van der Waals surface area contributed by atoms with Crippen LogP contribution in [-0.2, 0) is 16.2 Å². The lowest BCUT2D eigenvalue weighted by molar-refractivity contribution is -0.384. The van der Waals surface area contributed by atoms with E-state index in [-0.39, 0.29) is 23.9 Å². The van der Waals surface area contributed by atoms with Crippen LogP contribution >= 0.6 is 15.9 Å². The minimum atomic E-state index is -0.439. The molecule has 0 amide bonds. The summed E-state index contributed by atoms with van der Waals surface area (Å²) in [5.74, 6) is 0.765. The second-order valence-electron chi connectivity index (χ2n) is 9.74. The van der Waals surface area contributed by atoms with Gasteiger partial charge in [-0.3, -0.25) is 19.7 Å². The largest absolute Gasteiger partial charge is 0.490 e. The SMILES string of the molecule is CCOc1cc(C2C3=C(CCCC3=O)N(C)C3=C2C(=O)CCC3)cc(Br)c1OCc1ccc([N+](=O)[O-])cc1. The fraction of sp³-hybridized carbons (Fsp3) is 0.379. The first-order valence-electron chi connectivity index (χ1n) is 12.9. The molecule has 3 aliphatic rings. The molecule has 0 saturated carbocycles. The quantitative estimate of drug-likeness (QED) is 0.277. The molecule has 9 heteroatoms. The third kappa shape index (κ3) is 4.75. The number of hydrogen-bond acceptors (Lipinski definition) is 7. The average Bonchev–Trinajstić information content (AvgIpc) is 2.90. The number of nitro benzene ring substituents is 1. The van der Waals surface area contributed by atoms with Crippen LogP contribution in [0.15, 0.2) is 63.4 Å². The van der Waals surface area contributed by atoms with Gasteiger partial charge < -0.3 is 14.4 Å². The number of carbonyl (C=O) groups excluding carboxylic acids is 2. The molecule has 0 spiro atoms. The second kappa shape index (κ2) is 10.7. The summed E-state index contributed by atoms with van der Waals surface area (Å²) in [6.07, 6.45) is 4.22. The van der Waals surface area contributed by atoms with E-state index in [4.69, 9.17) is 9.47 Å². The van der Waals surface area contributed by atoms with Crippen molar-refractivity contribution < 1.29 is 24.0 Å². The number of ether oxygens (including phenoxy) is 2. The molecule has 1 heterocycles. The van der Waals surface area contributed by atoms with E-state index >= 15 is 0 Å². The number of nitrogens with zero attached hydrogens (tertiary/aromatic N) is 2. The molecule has 8 nitrogen and oxygen atoms in total. The number of hydrogen-bond donors (Lipinski definition) is 0. The zero-order valence-corrected chi connectivity index (χ0v) is 23.0. The molecule has 0 aromatic heterocycles. The molecule has 0 N–H and O–H groups in total. The summed E-state index contributed by atoms with van der Waals surface area (Å²) in [5.41, 5.74) is 5.10. The van der Waals surface area contributed by atoms with Gasteiger partial charge in [0.1, 0.15) is 6.61 Å². The highest BCUT2D eigenvalue weighted by molar-refractivity contribution is 9.10. The summed E-state index contributed by atoms with van der Waals surface area (Å²) in [6.45, 7) is 2.47. The van der Waals surface area contributed by atoms with Crippen LogP contribution in [0.5, 0.6) is 11.5 Å². The molecule has 0 saturated heterocycles. The predicted octanol–water partition coefficient (Wildman–Crippen LogP) is 6.38. The summed E-state index contributed by atoms with van der Waals surface area (Å²) in [5, 5.41) is 11.0. The second-order valence-corrected chi connectivity index (χ2v) is 10.6. The molecule has 0 radical (unpaired) electrons. The van der Waals surface area contributed by atoms with Crippen molar-refractivity contribution in [2.24, 2.45) is 0 Å².